The first-order valence-corrected chi connectivity index (χ1v) is 8.78. The van der Waals surface area contributed by atoms with Crippen molar-refractivity contribution < 1.29 is 9.59 Å². The van der Waals surface area contributed by atoms with E-state index in [1.165, 1.54) is 16.7 Å². The second-order valence-corrected chi connectivity index (χ2v) is 6.66. The van der Waals surface area contributed by atoms with Crippen molar-refractivity contribution in [3.05, 3.63) is 36.2 Å². The van der Waals surface area contributed by atoms with Crippen molar-refractivity contribution in [2.45, 2.75) is 24.9 Å². The lowest BCUT2D eigenvalue weighted by Gasteiger charge is -2.10. The normalized spacial score (nSPS) is 14.3. The summed E-state index contributed by atoms with van der Waals surface area (Å²) < 4.78 is 1.81. The second kappa shape index (κ2) is 7.04. The van der Waals surface area contributed by atoms with Crippen molar-refractivity contribution in [1.29, 1.82) is 0 Å². The molecule has 0 aliphatic carbocycles. The number of hydrogen-bond donors (Lipinski definition) is 1. The Labute approximate surface area is 144 Å². The maximum Gasteiger partial charge on any atom is 0.324 e. The smallest absolute Gasteiger partial charge is 0.324 e. The summed E-state index contributed by atoms with van der Waals surface area (Å²) in [4.78, 5) is 29.4. The van der Waals surface area contributed by atoms with Gasteiger partial charge in [0.2, 0.25) is 11.1 Å². The van der Waals surface area contributed by atoms with Crippen molar-refractivity contribution in [3.8, 4) is 5.69 Å². The van der Waals surface area contributed by atoms with E-state index in [9.17, 15) is 9.59 Å². The van der Waals surface area contributed by atoms with Crippen molar-refractivity contribution in [2.75, 3.05) is 18.8 Å². The van der Waals surface area contributed by atoms with Gasteiger partial charge in [-0.1, -0.05) is 43.8 Å². The molecule has 0 radical (unpaired) electrons. The first-order chi connectivity index (χ1) is 11.6. The molecule has 3 rings (SSSR count). The van der Waals surface area contributed by atoms with Crippen LogP contribution >= 0.6 is 11.8 Å². The summed E-state index contributed by atoms with van der Waals surface area (Å²) in [5, 5.41) is 7.67. The van der Waals surface area contributed by atoms with E-state index in [0.29, 0.717) is 18.2 Å². The van der Waals surface area contributed by atoms with Gasteiger partial charge in [-0.2, -0.15) is 0 Å². The van der Waals surface area contributed by atoms with E-state index < -0.39 is 0 Å². The highest BCUT2D eigenvalue weighted by Gasteiger charge is 2.26. The fraction of sp³-hybridized carbons (Fsp3) is 0.375. The molecule has 0 bridgehead atoms. The molecule has 7 nitrogen and oxygen atoms in total. The summed E-state index contributed by atoms with van der Waals surface area (Å²) in [6, 6.07) is 9.45. The van der Waals surface area contributed by atoms with Crippen molar-refractivity contribution in [2.24, 2.45) is 0 Å². The maximum atomic E-state index is 12.1. The zero-order chi connectivity index (χ0) is 17.1. The van der Waals surface area contributed by atoms with E-state index in [4.69, 9.17) is 0 Å². The number of nitrogens with zero attached hydrogens (tertiary/aromatic N) is 4. The fourth-order valence-electron chi connectivity index (χ4n) is 2.41. The van der Waals surface area contributed by atoms with Gasteiger partial charge in [-0.15, -0.1) is 5.10 Å². The van der Waals surface area contributed by atoms with Gasteiger partial charge in [0.05, 0.1) is 11.4 Å². The molecule has 0 saturated carbocycles. The zero-order valence-electron chi connectivity index (χ0n) is 13.6. The minimum atomic E-state index is -0.328. The van der Waals surface area contributed by atoms with Crippen LogP contribution in [0.1, 0.15) is 25.6 Å². The third-order valence-electron chi connectivity index (χ3n) is 3.61. The summed E-state index contributed by atoms with van der Waals surface area (Å²) in [7, 11) is 0. The minimum absolute atomic E-state index is 0.143. The van der Waals surface area contributed by atoms with Gasteiger partial charge in [0.15, 0.2) is 0 Å². The summed E-state index contributed by atoms with van der Waals surface area (Å²) in [6.07, 6.45) is 0. The number of para-hydroxylation sites is 1. The van der Waals surface area contributed by atoms with Gasteiger partial charge in [-0.3, -0.25) is 9.69 Å². The number of urea groups is 1. The number of thioether (sulfide) groups is 1. The molecular weight excluding hydrogens is 326 g/mol. The first-order valence-electron chi connectivity index (χ1n) is 7.79. The molecule has 1 aromatic carbocycles. The van der Waals surface area contributed by atoms with Crippen LogP contribution in [0.2, 0.25) is 0 Å². The Balaban J connectivity index is 1.75. The van der Waals surface area contributed by atoms with Crippen molar-refractivity contribution in [3.63, 3.8) is 0 Å². The molecule has 1 aliphatic rings. The summed E-state index contributed by atoms with van der Waals surface area (Å²) in [6.45, 7) is 5.03. The second-order valence-electron chi connectivity index (χ2n) is 5.72. The number of imide groups is 1. The van der Waals surface area contributed by atoms with Gasteiger partial charge in [-0.25, -0.2) is 14.5 Å². The monoisotopic (exact) mass is 345 g/mol. The van der Waals surface area contributed by atoms with Crippen molar-refractivity contribution in [1.82, 2.24) is 25.0 Å². The van der Waals surface area contributed by atoms with Gasteiger partial charge in [0.25, 0.3) is 0 Å². The molecular formula is C16H19N5O2S. The van der Waals surface area contributed by atoms with E-state index >= 15 is 0 Å². The molecule has 1 saturated heterocycles. The Morgan fingerprint density at radius 1 is 1.33 bits per heavy atom. The third kappa shape index (κ3) is 3.43. The van der Waals surface area contributed by atoms with Crippen LogP contribution in [-0.4, -0.2) is 50.4 Å². The molecule has 3 amide bonds. The van der Waals surface area contributed by atoms with Crippen LogP contribution in [0.15, 0.2) is 35.5 Å². The molecule has 8 heteroatoms. The number of carbonyl (C=O) groups excluding carboxylic acids is 2. The predicted octanol–water partition coefficient (Wildman–Crippen LogP) is 2.03. The number of benzene rings is 1. The Hall–Kier alpha value is -2.35. The van der Waals surface area contributed by atoms with E-state index in [1.54, 1.807) is 4.68 Å². The minimum Gasteiger partial charge on any atom is -0.336 e. The number of nitrogens with one attached hydrogen (secondary N) is 1. The fourth-order valence-corrected chi connectivity index (χ4v) is 3.12. The highest BCUT2D eigenvalue weighted by Crippen LogP contribution is 2.22. The van der Waals surface area contributed by atoms with E-state index in [2.05, 4.69) is 29.2 Å². The topological polar surface area (TPSA) is 80.1 Å². The van der Waals surface area contributed by atoms with Crippen LogP contribution in [0.3, 0.4) is 0 Å². The molecule has 1 N–H and O–H groups in total. The Morgan fingerprint density at radius 2 is 2.08 bits per heavy atom. The van der Waals surface area contributed by atoms with Gasteiger partial charge >= 0.3 is 6.03 Å². The highest BCUT2D eigenvalue weighted by atomic mass is 32.2. The van der Waals surface area contributed by atoms with Gasteiger partial charge in [-0.05, 0) is 12.1 Å². The molecule has 126 valence electrons. The number of carbonyl (C=O) groups is 2. The molecule has 0 atom stereocenters. The Morgan fingerprint density at radius 3 is 2.71 bits per heavy atom. The zero-order valence-corrected chi connectivity index (χ0v) is 14.4. The Bertz CT molecular complexity index is 744. The molecule has 1 fully saturated rings. The third-order valence-corrected chi connectivity index (χ3v) is 4.43. The lowest BCUT2D eigenvalue weighted by Crippen LogP contribution is -2.35. The van der Waals surface area contributed by atoms with Gasteiger partial charge < -0.3 is 5.32 Å². The average Bonchev–Trinajstić information content (AvgIpc) is 3.20. The average molecular weight is 345 g/mol. The van der Waals surface area contributed by atoms with Crippen LogP contribution < -0.4 is 5.32 Å². The summed E-state index contributed by atoms with van der Waals surface area (Å²) in [5.41, 5.74) is 0.936. The van der Waals surface area contributed by atoms with Gasteiger partial charge in [0.1, 0.15) is 5.82 Å². The molecule has 0 spiro atoms. The molecule has 1 aromatic heterocycles. The molecule has 0 unspecified atom stereocenters. The molecule has 1 aliphatic heterocycles. The lowest BCUT2D eigenvalue weighted by molar-refractivity contribution is -0.124. The summed E-state index contributed by atoms with van der Waals surface area (Å²) in [5.74, 6) is 0.961. The quantitative estimate of drug-likeness (QED) is 0.839. The maximum absolute atomic E-state index is 12.1. The number of rotatable bonds is 5. The van der Waals surface area contributed by atoms with E-state index in [1.807, 2.05) is 30.3 Å². The first kappa shape index (κ1) is 16.5. The van der Waals surface area contributed by atoms with E-state index in [0.717, 1.165) is 11.5 Å². The largest absolute Gasteiger partial charge is 0.336 e. The number of hydrogen-bond acceptors (Lipinski definition) is 5. The molecule has 2 heterocycles. The van der Waals surface area contributed by atoms with Crippen LogP contribution in [0.5, 0.6) is 0 Å². The Kier molecular flexibility index (Phi) is 4.84. The van der Waals surface area contributed by atoms with E-state index in [-0.39, 0.29) is 23.6 Å². The van der Waals surface area contributed by atoms with Crippen LogP contribution in [0, 0.1) is 0 Å². The summed E-state index contributed by atoms with van der Waals surface area (Å²) >= 11 is 1.25. The van der Waals surface area contributed by atoms with Crippen LogP contribution in [0.4, 0.5) is 4.79 Å². The van der Waals surface area contributed by atoms with Gasteiger partial charge in [0, 0.05) is 19.0 Å². The highest BCUT2D eigenvalue weighted by molar-refractivity contribution is 7.99. The predicted molar refractivity (Wildman–Crippen MR) is 91.3 cm³/mol. The number of aromatic nitrogens is 3. The number of amides is 3. The molecule has 2 aromatic rings. The van der Waals surface area contributed by atoms with Crippen LogP contribution in [0.25, 0.3) is 5.69 Å². The standard InChI is InChI=1S/C16H19N5O2S/c1-11(2)14-18-15(19-21(14)12-6-4-3-5-7-12)24-10-13(22)20-9-8-17-16(20)23/h3-7,11H,8-10H2,1-2H3,(H,17,23). The van der Waals surface area contributed by atoms with Crippen LogP contribution in [-0.2, 0) is 4.79 Å². The lowest BCUT2D eigenvalue weighted by atomic mass is 10.2. The SMILES string of the molecule is CC(C)c1nc(SCC(=O)N2CCNC2=O)nn1-c1ccccc1. The van der Waals surface area contributed by atoms with Crippen molar-refractivity contribution >= 4 is 23.7 Å². The molecule has 24 heavy (non-hydrogen) atoms.